The molecule has 16 heavy (non-hydrogen) atoms. The molecule has 1 nitrogen and oxygen atoms in total. The van der Waals surface area contributed by atoms with E-state index in [-0.39, 0.29) is 5.92 Å². The standard InChI is InChI=1S/C12H15F3O/c1-8(2)10-6-4-5-7-11(10)9(3)16-12(13,14)15/h4-9H,1-3H3/t9-/m0/s1. The van der Waals surface area contributed by atoms with Gasteiger partial charge in [-0.1, -0.05) is 38.1 Å². The molecular formula is C12H15F3O. The van der Waals surface area contributed by atoms with E-state index in [9.17, 15) is 13.2 Å². The zero-order valence-electron chi connectivity index (χ0n) is 9.51. The number of hydrogen-bond acceptors (Lipinski definition) is 1. The van der Waals surface area contributed by atoms with E-state index in [1.54, 1.807) is 12.1 Å². The van der Waals surface area contributed by atoms with Crippen LogP contribution in [0.3, 0.4) is 0 Å². The van der Waals surface area contributed by atoms with E-state index in [1.807, 2.05) is 26.0 Å². The number of benzene rings is 1. The van der Waals surface area contributed by atoms with Gasteiger partial charge < -0.3 is 0 Å². The van der Waals surface area contributed by atoms with E-state index >= 15 is 0 Å². The van der Waals surface area contributed by atoms with Crippen LogP contribution in [0.1, 0.15) is 43.9 Å². The van der Waals surface area contributed by atoms with Crippen LogP contribution in [0, 0.1) is 0 Å². The van der Waals surface area contributed by atoms with Crippen molar-refractivity contribution in [3.63, 3.8) is 0 Å². The third kappa shape index (κ3) is 3.52. The third-order valence-electron chi connectivity index (χ3n) is 2.37. The smallest absolute Gasteiger partial charge is 0.284 e. The van der Waals surface area contributed by atoms with E-state index in [0.29, 0.717) is 5.56 Å². The summed E-state index contributed by atoms with van der Waals surface area (Å²) in [6, 6.07) is 7.04. The second kappa shape index (κ2) is 4.87. The van der Waals surface area contributed by atoms with E-state index in [0.717, 1.165) is 5.56 Å². The number of alkyl halides is 3. The molecule has 0 aromatic heterocycles. The summed E-state index contributed by atoms with van der Waals surface area (Å²) in [5.74, 6) is 0.176. The van der Waals surface area contributed by atoms with E-state index in [1.165, 1.54) is 6.92 Å². The van der Waals surface area contributed by atoms with Crippen LogP contribution in [0.2, 0.25) is 0 Å². The van der Waals surface area contributed by atoms with Gasteiger partial charge in [0.05, 0.1) is 6.10 Å². The van der Waals surface area contributed by atoms with E-state index < -0.39 is 12.5 Å². The highest BCUT2D eigenvalue weighted by molar-refractivity contribution is 5.31. The highest BCUT2D eigenvalue weighted by Crippen LogP contribution is 2.31. The lowest BCUT2D eigenvalue weighted by molar-refractivity contribution is -0.342. The van der Waals surface area contributed by atoms with Crippen molar-refractivity contribution < 1.29 is 17.9 Å². The number of halogens is 3. The molecule has 0 bridgehead atoms. The van der Waals surface area contributed by atoms with Gasteiger partial charge in [0.25, 0.3) is 0 Å². The summed E-state index contributed by atoms with van der Waals surface area (Å²) in [5, 5.41) is 0. The molecule has 0 amide bonds. The summed E-state index contributed by atoms with van der Waals surface area (Å²) in [6.45, 7) is 5.30. The molecule has 1 aromatic carbocycles. The highest BCUT2D eigenvalue weighted by atomic mass is 19.4. The summed E-state index contributed by atoms with van der Waals surface area (Å²) < 4.78 is 40.3. The normalized spacial score (nSPS) is 14.2. The van der Waals surface area contributed by atoms with Crippen molar-refractivity contribution in [1.29, 1.82) is 0 Å². The summed E-state index contributed by atoms with van der Waals surface area (Å²) in [5.41, 5.74) is 1.48. The molecule has 1 aromatic rings. The molecule has 0 heterocycles. The summed E-state index contributed by atoms with van der Waals surface area (Å²) in [4.78, 5) is 0. The molecule has 0 N–H and O–H groups in total. The van der Waals surface area contributed by atoms with Gasteiger partial charge in [-0.25, -0.2) is 0 Å². The van der Waals surface area contributed by atoms with E-state index in [4.69, 9.17) is 0 Å². The second-order valence-corrected chi connectivity index (χ2v) is 3.99. The fourth-order valence-electron chi connectivity index (χ4n) is 1.67. The van der Waals surface area contributed by atoms with Crippen molar-refractivity contribution in [1.82, 2.24) is 0 Å². The zero-order valence-corrected chi connectivity index (χ0v) is 9.51. The summed E-state index contributed by atoms with van der Waals surface area (Å²) in [6.07, 6.45) is -5.57. The lowest BCUT2D eigenvalue weighted by Gasteiger charge is -2.20. The Morgan fingerprint density at radius 2 is 1.50 bits per heavy atom. The van der Waals surface area contributed by atoms with Gasteiger partial charge in [0, 0.05) is 0 Å². The SMILES string of the molecule is CC(C)c1ccccc1[C@H](C)OC(F)(F)F. The lowest BCUT2D eigenvalue weighted by Crippen LogP contribution is -2.17. The first kappa shape index (κ1) is 13.0. The molecule has 0 fully saturated rings. The van der Waals surface area contributed by atoms with Crippen molar-refractivity contribution in [3.8, 4) is 0 Å². The van der Waals surface area contributed by atoms with Crippen LogP contribution in [0.15, 0.2) is 24.3 Å². The van der Waals surface area contributed by atoms with Crippen molar-refractivity contribution in [2.45, 2.75) is 39.2 Å². The summed E-state index contributed by atoms with van der Waals surface area (Å²) in [7, 11) is 0. The van der Waals surface area contributed by atoms with Crippen LogP contribution >= 0.6 is 0 Å². The highest BCUT2D eigenvalue weighted by Gasteiger charge is 2.33. The Balaban J connectivity index is 2.95. The van der Waals surface area contributed by atoms with Gasteiger partial charge in [0.2, 0.25) is 0 Å². The van der Waals surface area contributed by atoms with Gasteiger partial charge in [0.15, 0.2) is 0 Å². The third-order valence-corrected chi connectivity index (χ3v) is 2.37. The zero-order chi connectivity index (χ0) is 12.3. The molecule has 0 spiro atoms. The molecule has 0 unspecified atom stereocenters. The molecule has 1 rings (SSSR count). The molecular weight excluding hydrogens is 217 g/mol. The molecule has 0 saturated heterocycles. The van der Waals surface area contributed by atoms with Crippen LogP contribution in [-0.4, -0.2) is 6.36 Å². The van der Waals surface area contributed by atoms with Gasteiger partial charge in [-0.15, -0.1) is 13.2 Å². The first-order valence-electron chi connectivity index (χ1n) is 5.14. The maximum absolute atomic E-state index is 12.1. The largest absolute Gasteiger partial charge is 0.523 e. The molecule has 4 heteroatoms. The fourth-order valence-corrected chi connectivity index (χ4v) is 1.67. The number of ether oxygens (including phenoxy) is 1. The Bertz CT molecular complexity index is 344. The molecule has 1 atom stereocenters. The van der Waals surface area contributed by atoms with Crippen molar-refractivity contribution in [2.75, 3.05) is 0 Å². The predicted octanol–water partition coefficient (Wildman–Crippen LogP) is 4.41. The first-order chi connectivity index (χ1) is 7.31. The number of hydrogen-bond donors (Lipinski definition) is 0. The maximum atomic E-state index is 12.1. The van der Waals surface area contributed by atoms with E-state index in [2.05, 4.69) is 4.74 Å². The first-order valence-corrected chi connectivity index (χ1v) is 5.14. The van der Waals surface area contributed by atoms with Crippen LogP contribution in [0.5, 0.6) is 0 Å². The molecule has 90 valence electrons. The van der Waals surface area contributed by atoms with Crippen molar-refractivity contribution >= 4 is 0 Å². The van der Waals surface area contributed by atoms with Gasteiger partial charge >= 0.3 is 6.36 Å². The Labute approximate surface area is 93.2 Å². The Morgan fingerprint density at radius 3 is 1.94 bits per heavy atom. The molecule has 0 aliphatic heterocycles. The van der Waals surface area contributed by atoms with Crippen molar-refractivity contribution in [2.24, 2.45) is 0 Å². The molecule has 0 radical (unpaired) electrons. The molecule has 0 aliphatic rings. The average Bonchev–Trinajstić information content (AvgIpc) is 2.15. The summed E-state index contributed by atoms with van der Waals surface area (Å²) >= 11 is 0. The fraction of sp³-hybridized carbons (Fsp3) is 0.500. The van der Waals surface area contributed by atoms with Crippen LogP contribution < -0.4 is 0 Å². The average molecular weight is 232 g/mol. The number of rotatable bonds is 3. The molecule has 0 saturated carbocycles. The monoisotopic (exact) mass is 232 g/mol. The predicted molar refractivity (Wildman–Crippen MR) is 56.1 cm³/mol. The minimum atomic E-state index is -4.59. The quantitative estimate of drug-likeness (QED) is 0.750. The Hall–Kier alpha value is -1.03. The van der Waals surface area contributed by atoms with Gasteiger partial charge in [-0.05, 0) is 24.0 Å². The second-order valence-electron chi connectivity index (χ2n) is 3.99. The molecule has 0 aliphatic carbocycles. The maximum Gasteiger partial charge on any atom is 0.523 e. The van der Waals surface area contributed by atoms with Crippen LogP contribution in [-0.2, 0) is 4.74 Å². The Morgan fingerprint density at radius 1 is 1.00 bits per heavy atom. The lowest BCUT2D eigenvalue weighted by atomic mass is 9.94. The van der Waals surface area contributed by atoms with Gasteiger partial charge in [0.1, 0.15) is 0 Å². The van der Waals surface area contributed by atoms with Crippen LogP contribution in [0.25, 0.3) is 0 Å². The topological polar surface area (TPSA) is 9.23 Å². The minimum Gasteiger partial charge on any atom is -0.284 e. The Kier molecular flexibility index (Phi) is 3.97. The van der Waals surface area contributed by atoms with Gasteiger partial charge in [-0.3, -0.25) is 4.74 Å². The van der Waals surface area contributed by atoms with Crippen LogP contribution in [0.4, 0.5) is 13.2 Å². The van der Waals surface area contributed by atoms with Gasteiger partial charge in [-0.2, -0.15) is 0 Å². The minimum absolute atomic E-state index is 0.176. The van der Waals surface area contributed by atoms with Crippen molar-refractivity contribution in [3.05, 3.63) is 35.4 Å².